The third kappa shape index (κ3) is 5.92. The number of aromatic amines is 1. The van der Waals surface area contributed by atoms with Crippen LogP contribution in [0.1, 0.15) is 65.6 Å². The molecule has 0 amide bonds. The smallest absolute Gasteiger partial charge is 0.261 e. The molecule has 42 heavy (non-hydrogen) atoms. The van der Waals surface area contributed by atoms with E-state index in [9.17, 15) is 0 Å². The first-order chi connectivity index (χ1) is 19.9. The van der Waals surface area contributed by atoms with Gasteiger partial charge in [0.2, 0.25) is 0 Å². The summed E-state index contributed by atoms with van der Waals surface area (Å²) in [6, 6.07) is 32.6. The van der Waals surface area contributed by atoms with Crippen LogP contribution in [0, 0.1) is 5.41 Å². The predicted octanol–water partition coefficient (Wildman–Crippen LogP) is 9.26. The number of H-pyrrole nitrogens is 1. The van der Waals surface area contributed by atoms with Gasteiger partial charge in [-0.25, -0.2) is 0 Å². The van der Waals surface area contributed by atoms with Crippen LogP contribution in [0.15, 0.2) is 102 Å². The van der Waals surface area contributed by atoms with Gasteiger partial charge in [-0.1, -0.05) is 125 Å². The van der Waals surface area contributed by atoms with E-state index in [0.717, 1.165) is 22.1 Å². The van der Waals surface area contributed by atoms with E-state index in [1.54, 1.807) is 0 Å². The summed E-state index contributed by atoms with van der Waals surface area (Å²) in [6.07, 6.45) is 2.77. The molecule has 2 heterocycles. The van der Waals surface area contributed by atoms with Crippen LogP contribution in [-0.4, -0.2) is 24.9 Å². The monoisotopic (exact) mass is 638 g/mol. The van der Waals surface area contributed by atoms with Gasteiger partial charge in [0.25, 0.3) is 8.32 Å². The molecule has 3 aromatic carbocycles. The fourth-order valence-electron chi connectivity index (χ4n) is 6.32. The quantitative estimate of drug-likeness (QED) is 0.163. The Hall–Kier alpha value is -2.99. The van der Waals surface area contributed by atoms with Crippen LogP contribution < -0.4 is 10.4 Å². The Kier molecular flexibility index (Phi) is 8.67. The molecule has 0 bridgehead atoms. The summed E-state index contributed by atoms with van der Waals surface area (Å²) in [6.45, 7) is 16.8. The van der Waals surface area contributed by atoms with Crippen molar-refractivity contribution in [3.8, 4) is 11.3 Å². The van der Waals surface area contributed by atoms with Gasteiger partial charge < -0.3 is 9.41 Å². The molecule has 5 aromatic rings. The summed E-state index contributed by atoms with van der Waals surface area (Å²) >= 11 is 3.73. The van der Waals surface area contributed by atoms with E-state index in [2.05, 4.69) is 154 Å². The Morgan fingerprint density at radius 3 is 2.02 bits per heavy atom. The fourth-order valence-corrected chi connectivity index (χ4v) is 11.4. The van der Waals surface area contributed by atoms with Gasteiger partial charge in [0.1, 0.15) is 0 Å². The van der Waals surface area contributed by atoms with Gasteiger partial charge in [-0.15, -0.1) is 0 Å². The summed E-state index contributed by atoms with van der Waals surface area (Å²) in [5, 5.41) is 3.81. The lowest BCUT2D eigenvalue weighted by molar-refractivity contribution is 0.170. The third-order valence-electron chi connectivity index (χ3n) is 8.27. The number of nitrogens with one attached hydrogen (secondary N) is 1. The summed E-state index contributed by atoms with van der Waals surface area (Å²) in [4.78, 5) is 8.58. The molecule has 0 radical (unpaired) electrons. The highest BCUT2D eigenvalue weighted by Gasteiger charge is 2.50. The van der Waals surface area contributed by atoms with Gasteiger partial charge in [0.05, 0.1) is 11.4 Å². The minimum atomic E-state index is -2.65. The van der Waals surface area contributed by atoms with Crippen molar-refractivity contribution in [2.24, 2.45) is 5.41 Å². The minimum absolute atomic E-state index is 0.0650. The van der Waals surface area contributed by atoms with Gasteiger partial charge in [-0.3, -0.25) is 4.98 Å². The molecule has 218 valence electrons. The van der Waals surface area contributed by atoms with Crippen molar-refractivity contribution in [1.82, 2.24) is 9.97 Å². The Labute approximate surface area is 261 Å². The fraction of sp³-hybridized carbons (Fsp3) is 0.324. The third-order valence-corrected chi connectivity index (χ3v) is 13.8. The first-order valence-electron chi connectivity index (χ1n) is 14.9. The van der Waals surface area contributed by atoms with E-state index in [1.165, 1.54) is 32.6 Å². The second-order valence-electron chi connectivity index (χ2n) is 13.6. The molecule has 5 heteroatoms. The van der Waals surface area contributed by atoms with Crippen molar-refractivity contribution in [2.45, 2.75) is 65.8 Å². The van der Waals surface area contributed by atoms with E-state index in [1.807, 2.05) is 12.3 Å². The number of pyridine rings is 1. The number of hydrogen-bond acceptors (Lipinski definition) is 2. The molecule has 0 aliphatic rings. The lowest BCUT2D eigenvalue weighted by Crippen LogP contribution is -2.67. The highest BCUT2D eigenvalue weighted by molar-refractivity contribution is 9.10. The van der Waals surface area contributed by atoms with Crippen LogP contribution in [0.3, 0.4) is 0 Å². The maximum absolute atomic E-state index is 7.43. The zero-order valence-electron chi connectivity index (χ0n) is 26.0. The number of halogens is 1. The van der Waals surface area contributed by atoms with Gasteiger partial charge >= 0.3 is 0 Å². The molecular formula is C37H43BrN2OSi. The van der Waals surface area contributed by atoms with E-state index >= 15 is 0 Å². The van der Waals surface area contributed by atoms with Gasteiger partial charge in [-0.2, -0.15) is 0 Å². The van der Waals surface area contributed by atoms with Crippen LogP contribution in [0.4, 0.5) is 0 Å². The molecule has 0 aliphatic heterocycles. The lowest BCUT2D eigenvalue weighted by Gasteiger charge is -2.44. The van der Waals surface area contributed by atoms with Gasteiger partial charge in [0.15, 0.2) is 0 Å². The molecule has 3 nitrogen and oxygen atoms in total. The number of hydrogen-bond donors (Lipinski definition) is 1. The molecule has 2 aromatic heterocycles. The normalized spacial score (nSPS) is 12.8. The standard InChI is InChI=1S/C37H43BrN2OSi/c1-26(2)34-30(19-14-22-39-34)35-32(31-23-27(38)20-21-33(31)40-35)24-37(6,7)25-41-42(36(3,4)5,28-15-10-8-11-16-28)29-17-12-9-13-18-29/h8-23,26,40H,24-25H2,1-7H3. The zero-order chi connectivity index (χ0) is 30.1. The zero-order valence-corrected chi connectivity index (χ0v) is 28.5. The molecule has 0 saturated heterocycles. The van der Waals surface area contributed by atoms with E-state index < -0.39 is 8.32 Å². The maximum atomic E-state index is 7.43. The highest BCUT2D eigenvalue weighted by atomic mass is 79.9. The summed E-state index contributed by atoms with van der Waals surface area (Å²) in [5.41, 5.74) is 5.78. The van der Waals surface area contributed by atoms with E-state index in [-0.39, 0.29) is 10.5 Å². The molecule has 0 saturated carbocycles. The largest absolute Gasteiger partial charge is 0.407 e. The predicted molar refractivity (Wildman–Crippen MR) is 184 cm³/mol. The van der Waals surface area contributed by atoms with Crippen LogP contribution >= 0.6 is 15.9 Å². The Morgan fingerprint density at radius 2 is 1.45 bits per heavy atom. The van der Waals surface area contributed by atoms with Crippen LogP contribution in [0.2, 0.25) is 5.04 Å². The Balaban J connectivity index is 1.59. The van der Waals surface area contributed by atoms with E-state index in [0.29, 0.717) is 12.5 Å². The van der Waals surface area contributed by atoms with Crippen LogP contribution in [0.25, 0.3) is 22.2 Å². The van der Waals surface area contributed by atoms with Crippen molar-refractivity contribution in [3.05, 3.63) is 113 Å². The van der Waals surface area contributed by atoms with Crippen molar-refractivity contribution in [1.29, 1.82) is 0 Å². The van der Waals surface area contributed by atoms with Crippen molar-refractivity contribution in [3.63, 3.8) is 0 Å². The van der Waals surface area contributed by atoms with Crippen molar-refractivity contribution >= 4 is 45.5 Å². The first kappa shape index (κ1) is 30.5. The number of fused-ring (bicyclic) bond motifs is 1. The summed E-state index contributed by atoms with van der Waals surface area (Å²) in [7, 11) is -2.65. The summed E-state index contributed by atoms with van der Waals surface area (Å²) < 4.78 is 8.51. The van der Waals surface area contributed by atoms with Gasteiger partial charge in [-0.05, 0) is 69.1 Å². The average Bonchev–Trinajstić information content (AvgIpc) is 3.30. The second-order valence-corrected chi connectivity index (χ2v) is 18.8. The average molecular weight is 640 g/mol. The molecule has 0 aliphatic carbocycles. The second kappa shape index (κ2) is 11.9. The molecule has 1 N–H and O–H groups in total. The van der Waals surface area contributed by atoms with Crippen LogP contribution in [-0.2, 0) is 10.8 Å². The summed E-state index contributed by atoms with van der Waals surface area (Å²) in [5.74, 6) is 0.318. The Bertz CT molecular complexity index is 1610. The topological polar surface area (TPSA) is 37.9 Å². The number of rotatable bonds is 9. The highest BCUT2D eigenvalue weighted by Crippen LogP contribution is 2.41. The molecule has 0 atom stereocenters. The first-order valence-corrected chi connectivity index (χ1v) is 17.6. The molecule has 0 unspecified atom stereocenters. The minimum Gasteiger partial charge on any atom is -0.407 e. The van der Waals surface area contributed by atoms with Crippen molar-refractivity contribution in [2.75, 3.05) is 6.61 Å². The molecule has 0 fully saturated rings. The lowest BCUT2D eigenvalue weighted by atomic mass is 9.84. The van der Waals surface area contributed by atoms with Gasteiger partial charge in [0, 0.05) is 33.7 Å². The van der Waals surface area contributed by atoms with Crippen LogP contribution in [0.5, 0.6) is 0 Å². The molecule has 5 rings (SSSR count). The number of aromatic nitrogens is 2. The molecule has 0 spiro atoms. The number of nitrogens with zero attached hydrogens (tertiary/aromatic N) is 1. The Morgan fingerprint density at radius 1 is 0.833 bits per heavy atom. The maximum Gasteiger partial charge on any atom is 0.261 e. The van der Waals surface area contributed by atoms with E-state index in [4.69, 9.17) is 9.41 Å². The number of benzene rings is 3. The SMILES string of the molecule is CC(C)c1ncccc1-c1[nH]c2ccc(Br)cc2c1CC(C)(C)CO[Si](c1ccccc1)(c1ccccc1)C(C)(C)C. The van der Waals surface area contributed by atoms with Crippen molar-refractivity contribution < 1.29 is 4.43 Å². The molecular weight excluding hydrogens is 596 g/mol.